The monoisotopic (exact) mass is 220 g/mol. The van der Waals surface area contributed by atoms with Crippen molar-refractivity contribution in [2.24, 2.45) is 5.92 Å². The highest BCUT2D eigenvalue weighted by molar-refractivity contribution is 7.92. The predicted octanol–water partition coefficient (Wildman–Crippen LogP) is 1.06. The third kappa shape index (κ3) is 2.26. The van der Waals surface area contributed by atoms with Crippen molar-refractivity contribution in [2.45, 2.75) is 37.9 Å². The van der Waals surface area contributed by atoms with Gasteiger partial charge in [0.05, 0.1) is 0 Å². The van der Waals surface area contributed by atoms with Crippen LogP contribution in [0.2, 0.25) is 0 Å². The van der Waals surface area contributed by atoms with Gasteiger partial charge in [-0.3, -0.25) is 4.79 Å². The molecule has 0 aliphatic heterocycles. The van der Waals surface area contributed by atoms with E-state index in [4.69, 9.17) is 5.11 Å². The average Bonchev–Trinajstić information content (AvgIpc) is 2.56. The Bertz CT molecular complexity index is 301. The molecule has 0 saturated heterocycles. The van der Waals surface area contributed by atoms with Crippen LogP contribution in [0.4, 0.5) is 0 Å². The molecule has 1 aliphatic rings. The molecule has 0 aromatic carbocycles. The van der Waals surface area contributed by atoms with Gasteiger partial charge in [-0.15, -0.1) is 0 Å². The van der Waals surface area contributed by atoms with Gasteiger partial charge in [-0.25, -0.2) is 8.42 Å². The van der Waals surface area contributed by atoms with E-state index in [1.807, 2.05) is 0 Å². The summed E-state index contributed by atoms with van der Waals surface area (Å²) in [4.78, 5) is 10.9. The Morgan fingerprint density at radius 3 is 2.29 bits per heavy atom. The van der Waals surface area contributed by atoms with Crippen molar-refractivity contribution in [3.05, 3.63) is 0 Å². The molecule has 0 aromatic heterocycles. The van der Waals surface area contributed by atoms with Crippen molar-refractivity contribution in [1.82, 2.24) is 0 Å². The van der Waals surface area contributed by atoms with Gasteiger partial charge in [-0.1, -0.05) is 19.8 Å². The van der Waals surface area contributed by atoms with Gasteiger partial charge in [-0.05, 0) is 18.8 Å². The van der Waals surface area contributed by atoms with Crippen LogP contribution >= 0.6 is 0 Å². The molecule has 1 aliphatic carbocycles. The molecule has 0 amide bonds. The normalized spacial score (nSPS) is 20.9. The topological polar surface area (TPSA) is 71.4 Å². The molecule has 0 radical (unpaired) electrons. The molecule has 1 N–H and O–H groups in total. The van der Waals surface area contributed by atoms with Gasteiger partial charge in [0, 0.05) is 5.75 Å². The molecule has 1 unspecified atom stereocenters. The SMILES string of the molecule is CCS(=O)(=O)C(C(=O)O)C1CCCC1. The maximum absolute atomic E-state index is 11.5. The quantitative estimate of drug-likeness (QED) is 0.769. The largest absolute Gasteiger partial charge is 0.480 e. The van der Waals surface area contributed by atoms with Crippen LogP contribution in [0.1, 0.15) is 32.6 Å². The molecule has 5 heteroatoms. The molecule has 0 heterocycles. The smallest absolute Gasteiger partial charge is 0.322 e. The van der Waals surface area contributed by atoms with Gasteiger partial charge < -0.3 is 5.11 Å². The lowest BCUT2D eigenvalue weighted by Crippen LogP contribution is -2.37. The Morgan fingerprint density at radius 2 is 1.93 bits per heavy atom. The number of rotatable bonds is 4. The molecule has 82 valence electrons. The predicted molar refractivity (Wildman–Crippen MR) is 52.8 cm³/mol. The second kappa shape index (κ2) is 4.29. The van der Waals surface area contributed by atoms with Gasteiger partial charge in [0.1, 0.15) is 0 Å². The molecule has 4 nitrogen and oxygen atoms in total. The minimum absolute atomic E-state index is 0.0829. The fourth-order valence-electron chi connectivity index (χ4n) is 2.09. The summed E-state index contributed by atoms with van der Waals surface area (Å²) in [6, 6.07) is 0. The molecule has 14 heavy (non-hydrogen) atoms. The Kier molecular flexibility index (Phi) is 3.53. The lowest BCUT2D eigenvalue weighted by atomic mass is 10.0. The Labute approximate surface area is 84.2 Å². The van der Waals surface area contributed by atoms with Crippen LogP contribution in [-0.2, 0) is 14.6 Å². The van der Waals surface area contributed by atoms with Crippen molar-refractivity contribution in [2.75, 3.05) is 5.75 Å². The fourth-order valence-corrected chi connectivity index (χ4v) is 3.61. The summed E-state index contributed by atoms with van der Waals surface area (Å²) in [5, 5.41) is 7.75. The van der Waals surface area contributed by atoms with Crippen molar-refractivity contribution < 1.29 is 18.3 Å². The molecule has 1 fully saturated rings. The number of hydrogen-bond acceptors (Lipinski definition) is 3. The van der Waals surface area contributed by atoms with E-state index in [1.165, 1.54) is 6.92 Å². The fraction of sp³-hybridized carbons (Fsp3) is 0.889. The molecule has 0 bridgehead atoms. The van der Waals surface area contributed by atoms with E-state index in [-0.39, 0.29) is 11.7 Å². The van der Waals surface area contributed by atoms with Gasteiger partial charge in [0.15, 0.2) is 15.1 Å². The third-order valence-electron chi connectivity index (χ3n) is 2.86. The molecule has 0 aromatic rings. The lowest BCUT2D eigenvalue weighted by molar-refractivity contribution is -0.137. The standard InChI is InChI=1S/C9H16O4S/c1-2-14(12,13)8(9(10)11)7-5-3-4-6-7/h7-8H,2-6H2,1H3,(H,10,11). The minimum Gasteiger partial charge on any atom is -0.480 e. The van der Waals surface area contributed by atoms with Crippen LogP contribution in [0.15, 0.2) is 0 Å². The van der Waals surface area contributed by atoms with Crippen LogP contribution in [0.25, 0.3) is 0 Å². The number of aliphatic carboxylic acids is 1. The van der Waals surface area contributed by atoms with E-state index in [9.17, 15) is 13.2 Å². The number of carboxylic acid groups (broad SMARTS) is 1. The van der Waals surface area contributed by atoms with Gasteiger partial charge in [-0.2, -0.15) is 0 Å². The van der Waals surface area contributed by atoms with Crippen LogP contribution in [0.5, 0.6) is 0 Å². The zero-order valence-electron chi connectivity index (χ0n) is 8.27. The summed E-state index contributed by atoms with van der Waals surface area (Å²) in [7, 11) is -3.44. The van der Waals surface area contributed by atoms with E-state index in [0.717, 1.165) is 25.7 Å². The molecular weight excluding hydrogens is 204 g/mol. The maximum Gasteiger partial charge on any atom is 0.322 e. The molecule has 1 saturated carbocycles. The van der Waals surface area contributed by atoms with E-state index in [1.54, 1.807) is 0 Å². The second-order valence-corrected chi connectivity index (χ2v) is 6.17. The average molecular weight is 220 g/mol. The maximum atomic E-state index is 11.5. The first-order valence-corrected chi connectivity index (χ1v) is 6.65. The summed E-state index contributed by atoms with van der Waals surface area (Å²) in [5.74, 6) is -1.43. The van der Waals surface area contributed by atoms with Crippen LogP contribution in [0.3, 0.4) is 0 Å². The Morgan fingerprint density at radius 1 is 1.43 bits per heavy atom. The first-order valence-electron chi connectivity index (χ1n) is 4.93. The summed E-state index contributed by atoms with van der Waals surface area (Å²) in [5.41, 5.74) is 0. The van der Waals surface area contributed by atoms with E-state index in [0.29, 0.717) is 0 Å². The number of hydrogen-bond donors (Lipinski definition) is 1. The van der Waals surface area contributed by atoms with Crippen molar-refractivity contribution in [1.29, 1.82) is 0 Å². The number of carboxylic acids is 1. The molecule has 1 rings (SSSR count). The molecule has 0 spiro atoms. The summed E-state index contributed by atoms with van der Waals surface area (Å²) in [6.07, 6.45) is 3.37. The minimum atomic E-state index is -3.44. The summed E-state index contributed by atoms with van der Waals surface area (Å²) < 4.78 is 23.1. The first-order chi connectivity index (χ1) is 6.49. The highest BCUT2D eigenvalue weighted by Gasteiger charge is 2.39. The van der Waals surface area contributed by atoms with E-state index < -0.39 is 21.1 Å². The first kappa shape index (κ1) is 11.5. The van der Waals surface area contributed by atoms with Crippen LogP contribution in [-0.4, -0.2) is 30.5 Å². The summed E-state index contributed by atoms with van der Waals surface area (Å²) in [6.45, 7) is 1.50. The van der Waals surface area contributed by atoms with E-state index in [2.05, 4.69) is 0 Å². The van der Waals surface area contributed by atoms with Crippen LogP contribution in [0, 0.1) is 5.92 Å². The second-order valence-electron chi connectivity index (χ2n) is 3.75. The zero-order chi connectivity index (χ0) is 10.8. The van der Waals surface area contributed by atoms with Gasteiger partial charge >= 0.3 is 5.97 Å². The number of carbonyl (C=O) groups is 1. The molecule has 1 atom stereocenters. The van der Waals surface area contributed by atoms with Crippen molar-refractivity contribution >= 4 is 15.8 Å². The van der Waals surface area contributed by atoms with E-state index >= 15 is 0 Å². The van der Waals surface area contributed by atoms with Gasteiger partial charge in [0.25, 0.3) is 0 Å². The molecular formula is C9H16O4S. The Balaban J connectivity index is 2.89. The Hall–Kier alpha value is -0.580. The van der Waals surface area contributed by atoms with Crippen LogP contribution < -0.4 is 0 Å². The van der Waals surface area contributed by atoms with Gasteiger partial charge in [0.2, 0.25) is 0 Å². The highest BCUT2D eigenvalue weighted by atomic mass is 32.2. The third-order valence-corrected chi connectivity index (χ3v) is 5.03. The highest BCUT2D eigenvalue weighted by Crippen LogP contribution is 2.31. The lowest BCUT2D eigenvalue weighted by Gasteiger charge is -2.18. The zero-order valence-corrected chi connectivity index (χ0v) is 9.09. The number of sulfone groups is 1. The summed E-state index contributed by atoms with van der Waals surface area (Å²) >= 11 is 0. The van der Waals surface area contributed by atoms with Crippen molar-refractivity contribution in [3.8, 4) is 0 Å². The van der Waals surface area contributed by atoms with Crippen molar-refractivity contribution in [3.63, 3.8) is 0 Å².